The number of aliphatic carboxylic acids is 2. The average molecular weight is 527 g/mol. The van der Waals surface area contributed by atoms with Crippen LogP contribution in [0.3, 0.4) is 0 Å². The first-order chi connectivity index (χ1) is 15.0. The Kier molecular flexibility index (Phi) is 14.4. The molecular weight excluding hydrogens is 495 g/mol. The van der Waals surface area contributed by atoms with Crippen LogP contribution in [-0.4, -0.2) is 33.1 Å². The van der Waals surface area contributed by atoms with Crippen molar-refractivity contribution in [3.05, 3.63) is 82.9 Å². The van der Waals surface area contributed by atoms with Crippen LogP contribution >= 0.6 is 0 Å². The summed E-state index contributed by atoms with van der Waals surface area (Å²) < 4.78 is 3.25. The van der Waals surface area contributed by atoms with E-state index in [0.29, 0.717) is 11.1 Å². The van der Waals surface area contributed by atoms with Gasteiger partial charge in [-0.25, -0.2) is 0 Å². The predicted octanol–water partition coefficient (Wildman–Crippen LogP) is 3.40. The van der Waals surface area contributed by atoms with Gasteiger partial charge in [0.15, 0.2) is 0 Å². The number of benzene rings is 2. The van der Waals surface area contributed by atoms with Gasteiger partial charge in [0.2, 0.25) is 0 Å². The van der Waals surface area contributed by atoms with E-state index in [1.165, 1.54) is 25.7 Å². The summed E-state index contributed by atoms with van der Waals surface area (Å²) in [5.41, 5.74) is 0.895. The molecule has 0 saturated heterocycles. The molecule has 164 valence electrons. The maximum absolute atomic E-state index is 11.4. The third kappa shape index (κ3) is 11.8. The normalized spacial score (nSPS) is 10.9. The maximum atomic E-state index is 11.4. The van der Waals surface area contributed by atoms with E-state index in [9.17, 15) is 19.8 Å². The molecule has 0 saturated carbocycles. The van der Waals surface area contributed by atoms with Crippen LogP contribution in [0.25, 0.3) is 0 Å². The fraction of sp³-hybridized carbons (Fsp3) is 0.385. The fourth-order valence-electron chi connectivity index (χ4n) is 2.93. The first-order valence-electron chi connectivity index (χ1n) is 10.9. The number of carboxylic acids is 2. The van der Waals surface area contributed by atoms with Crippen molar-refractivity contribution in [2.45, 2.75) is 61.2 Å². The Morgan fingerprint density at radius 1 is 0.677 bits per heavy atom. The van der Waals surface area contributed by atoms with Crippen molar-refractivity contribution in [1.82, 2.24) is 0 Å². The van der Waals surface area contributed by atoms with Crippen LogP contribution in [0, 0.1) is 0 Å². The van der Waals surface area contributed by atoms with E-state index in [0.717, 1.165) is 0 Å². The molecule has 0 amide bonds. The van der Waals surface area contributed by atoms with Crippen LogP contribution in [-0.2, 0) is 22.4 Å². The summed E-state index contributed by atoms with van der Waals surface area (Å²) in [6.45, 7) is 4.58. The SMILES string of the molecule is CCC[CH2][Sn+2][CH2]CCC.O=C([O-])/C(Cc1ccccc1)=C(/Cc1ccccc1)C(=O)[O-]. The molecular formula is C26H32O4Sn. The fourth-order valence-corrected chi connectivity index (χ4v) is 7.09. The molecule has 0 fully saturated rings. The van der Waals surface area contributed by atoms with Gasteiger partial charge < -0.3 is 19.8 Å². The van der Waals surface area contributed by atoms with Crippen LogP contribution in [0.1, 0.15) is 50.7 Å². The summed E-state index contributed by atoms with van der Waals surface area (Å²) in [5.74, 6) is -2.97. The zero-order chi connectivity index (χ0) is 22.9. The van der Waals surface area contributed by atoms with Gasteiger partial charge in [0.25, 0.3) is 0 Å². The molecule has 0 unspecified atom stereocenters. The van der Waals surface area contributed by atoms with E-state index < -0.39 is 11.9 Å². The van der Waals surface area contributed by atoms with E-state index in [1.807, 2.05) is 0 Å². The summed E-state index contributed by atoms with van der Waals surface area (Å²) in [6, 6.07) is 17.6. The molecule has 0 bridgehead atoms. The van der Waals surface area contributed by atoms with E-state index in [1.54, 1.807) is 69.5 Å². The standard InChI is InChI=1S/C18H16O4.2C4H9.Sn/c19-17(20)15(11-13-7-3-1-4-8-13)16(18(21)22)12-14-9-5-2-6-10-14;2*1-3-4-2;/h1-10H,11-12H2,(H,19,20)(H,21,22);2*1,3-4H2,2H3;/q;;;+2/p-2/b16-15-;;;. The summed E-state index contributed by atoms with van der Waals surface area (Å²) in [6.07, 6.45) is 5.81. The van der Waals surface area contributed by atoms with Gasteiger partial charge in [-0.05, 0) is 35.1 Å². The van der Waals surface area contributed by atoms with Crippen molar-refractivity contribution in [2.75, 3.05) is 0 Å². The van der Waals surface area contributed by atoms with Gasteiger partial charge in [0.1, 0.15) is 0 Å². The van der Waals surface area contributed by atoms with Gasteiger partial charge in [-0.15, -0.1) is 0 Å². The monoisotopic (exact) mass is 528 g/mol. The number of unbranched alkanes of at least 4 members (excludes halogenated alkanes) is 2. The minimum Gasteiger partial charge on any atom is -0.545 e. The largest absolute Gasteiger partial charge is 0.545 e. The van der Waals surface area contributed by atoms with Crippen molar-refractivity contribution in [3.8, 4) is 0 Å². The molecule has 0 aliphatic rings. The first-order valence-corrected chi connectivity index (χ1v) is 15.0. The quantitative estimate of drug-likeness (QED) is 0.241. The Balaban J connectivity index is 0.000000452. The number of rotatable bonds is 12. The summed E-state index contributed by atoms with van der Waals surface area (Å²) in [4.78, 5) is 22.8. The smallest absolute Gasteiger partial charge is 0.0681 e. The molecule has 2 aromatic rings. The molecule has 31 heavy (non-hydrogen) atoms. The van der Waals surface area contributed by atoms with Crippen molar-refractivity contribution in [1.29, 1.82) is 0 Å². The Morgan fingerprint density at radius 3 is 1.32 bits per heavy atom. The van der Waals surface area contributed by atoms with Crippen molar-refractivity contribution in [2.24, 2.45) is 0 Å². The van der Waals surface area contributed by atoms with Crippen LogP contribution in [0.4, 0.5) is 0 Å². The second kappa shape index (κ2) is 16.6. The van der Waals surface area contributed by atoms with Crippen LogP contribution in [0.15, 0.2) is 71.8 Å². The van der Waals surface area contributed by atoms with Crippen molar-refractivity contribution in [3.63, 3.8) is 0 Å². The first kappa shape index (κ1) is 27.0. The predicted molar refractivity (Wildman–Crippen MR) is 123 cm³/mol. The molecule has 4 nitrogen and oxygen atoms in total. The number of hydrogen-bond acceptors (Lipinski definition) is 4. The number of carboxylic acid groups (broad SMARTS) is 2. The Bertz CT molecular complexity index is 733. The molecule has 0 atom stereocenters. The van der Waals surface area contributed by atoms with Crippen LogP contribution < -0.4 is 10.2 Å². The second-order valence-electron chi connectivity index (χ2n) is 7.31. The number of carbonyl (C=O) groups is 2. The topological polar surface area (TPSA) is 80.3 Å². The third-order valence-corrected chi connectivity index (χ3v) is 8.76. The molecule has 0 heterocycles. The van der Waals surface area contributed by atoms with Crippen LogP contribution in [0.2, 0.25) is 8.87 Å². The van der Waals surface area contributed by atoms with Crippen molar-refractivity contribution < 1.29 is 19.8 Å². The van der Waals surface area contributed by atoms with Gasteiger partial charge in [0.05, 0.1) is 11.9 Å². The summed E-state index contributed by atoms with van der Waals surface area (Å²) in [5, 5.41) is 22.8. The Labute approximate surface area is 196 Å². The maximum Gasteiger partial charge on any atom is 0.0681 e. The van der Waals surface area contributed by atoms with Crippen molar-refractivity contribution >= 4 is 33.1 Å². The zero-order valence-electron chi connectivity index (χ0n) is 18.6. The minimum absolute atomic E-state index is 0.0146. The number of carbonyl (C=O) groups excluding carboxylic acids is 2. The molecule has 0 aliphatic heterocycles. The second-order valence-corrected chi connectivity index (χ2v) is 11.6. The molecule has 0 spiro atoms. The average Bonchev–Trinajstić information content (AvgIpc) is 2.77. The number of hydrogen-bond donors (Lipinski definition) is 0. The molecule has 0 aliphatic carbocycles. The summed E-state index contributed by atoms with van der Waals surface area (Å²) in [7, 11) is 0. The van der Waals surface area contributed by atoms with Gasteiger partial charge in [-0.2, -0.15) is 0 Å². The van der Waals surface area contributed by atoms with Gasteiger partial charge >= 0.3 is 69.5 Å². The van der Waals surface area contributed by atoms with Gasteiger partial charge in [-0.1, -0.05) is 60.7 Å². The molecule has 5 heteroatoms. The molecule has 0 radical (unpaired) electrons. The third-order valence-electron chi connectivity index (χ3n) is 4.72. The van der Waals surface area contributed by atoms with Crippen LogP contribution in [0.5, 0.6) is 0 Å². The molecule has 2 rings (SSSR count). The summed E-state index contributed by atoms with van der Waals surface area (Å²) >= 11 is 0.149. The molecule has 2 aromatic carbocycles. The van der Waals surface area contributed by atoms with E-state index in [4.69, 9.17) is 0 Å². The van der Waals surface area contributed by atoms with E-state index in [-0.39, 0.29) is 45.1 Å². The molecule has 0 aromatic heterocycles. The minimum atomic E-state index is -1.49. The van der Waals surface area contributed by atoms with E-state index in [2.05, 4.69) is 13.8 Å². The van der Waals surface area contributed by atoms with Gasteiger partial charge in [0, 0.05) is 0 Å². The Morgan fingerprint density at radius 2 is 1.03 bits per heavy atom. The molecule has 0 N–H and O–H groups in total. The Hall–Kier alpha value is -2.08. The zero-order valence-corrected chi connectivity index (χ0v) is 21.4. The van der Waals surface area contributed by atoms with Gasteiger partial charge in [-0.3, -0.25) is 0 Å². The van der Waals surface area contributed by atoms with E-state index >= 15 is 0 Å².